The number of carboxylic acid groups (broad SMARTS) is 1. The lowest BCUT2D eigenvalue weighted by Gasteiger charge is -1.97. The molecule has 1 aromatic carbocycles. The molecule has 0 amide bonds. The van der Waals surface area contributed by atoms with Crippen molar-refractivity contribution in [1.29, 1.82) is 0 Å². The number of H-pyrrole nitrogens is 1. The lowest BCUT2D eigenvalue weighted by atomic mass is 10.1. The second-order valence-corrected chi connectivity index (χ2v) is 4.13. The molecule has 0 aliphatic heterocycles. The van der Waals surface area contributed by atoms with Gasteiger partial charge in [-0.05, 0) is 28.9 Å². The predicted molar refractivity (Wildman–Crippen MR) is 59.4 cm³/mol. The van der Waals surface area contributed by atoms with Crippen molar-refractivity contribution in [2.75, 3.05) is 0 Å². The van der Waals surface area contributed by atoms with Crippen molar-refractivity contribution in [3.05, 3.63) is 27.9 Å². The zero-order valence-corrected chi connectivity index (χ0v) is 9.42. The van der Waals surface area contributed by atoms with Gasteiger partial charge in [-0.3, -0.25) is 0 Å². The highest BCUT2D eigenvalue weighted by molar-refractivity contribution is 9.10. The van der Waals surface area contributed by atoms with E-state index in [1.165, 1.54) is 6.07 Å². The van der Waals surface area contributed by atoms with Gasteiger partial charge in [-0.15, -0.1) is 0 Å². The Kier molecular flexibility index (Phi) is 2.19. The first-order valence-corrected chi connectivity index (χ1v) is 5.04. The number of phenolic OH excluding ortho intramolecular Hbond substituents is 1. The molecule has 0 aliphatic rings. The third-order valence-electron chi connectivity index (χ3n) is 2.27. The van der Waals surface area contributed by atoms with Gasteiger partial charge in [0.2, 0.25) is 0 Å². The molecule has 1 aromatic heterocycles. The molecule has 3 N–H and O–H groups in total. The molecular formula is C10H8BrNO3. The summed E-state index contributed by atoms with van der Waals surface area (Å²) < 4.78 is 0.483. The van der Waals surface area contributed by atoms with E-state index in [1.54, 1.807) is 13.0 Å². The molecule has 0 aliphatic carbocycles. The van der Waals surface area contributed by atoms with Crippen LogP contribution in [-0.4, -0.2) is 21.2 Å². The van der Waals surface area contributed by atoms with Crippen LogP contribution in [0.4, 0.5) is 0 Å². The minimum Gasteiger partial charge on any atom is -0.507 e. The number of halogens is 1. The highest BCUT2D eigenvalue weighted by atomic mass is 79.9. The van der Waals surface area contributed by atoms with Crippen molar-refractivity contribution < 1.29 is 15.0 Å². The van der Waals surface area contributed by atoms with Crippen LogP contribution in [0.2, 0.25) is 0 Å². The largest absolute Gasteiger partial charge is 0.507 e. The Morgan fingerprint density at radius 2 is 2.13 bits per heavy atom. The van der Waals surface area contributed by atoms with Gasteiger partial charge in [-0.1, -0.05) is 0 Å². The van der Waals surface area contributed by atoms with E-state index >= 15 is 0 Å². The predicted octanol–water partition coefficient (Wildman–Crippen LogP) is 2.64. The van der Waals surface area contributed by atoms with Crippen LogP contribution in [0.25, 0.3) is 10.9 Å². The van der Waals surface area contributed by atoms with Crippen LogP contribution < -0.4 is 0 Å². The van der Waals surface area contributed by atoms with E-state index in [4.69, 9.17) is 5.11 Å². The normalized spacial score (nSPS) is 10.8. The number of benzene rings is 1. The summed E-state index contributed by atoms with van der Waals surface area (Å²) in [7, 11) is 0. The molecule has 0 saturated heterocycles. The number of aromatic hydroxyl groups is 1. The highest BCUT2D eigenvalue weighted by Gasteiger charge is 2.16. The summed E-state index contributed by atoms with van der Waals surface area (Å²) in [6, 6.07) is 3.09. The number of aromatic nitrogens is 1. The third-order valence-corrected chi connectivity index (χ3v) is 2.90. The molecule has 0 bridgehead atoms. The first-order chi connectivity index (χ1) is 7.00. The minimum absolute atomic E-state index is 0.0840. The molecule has 5 heteroatoms. The van der Waals surface area contributed by atoms with Crippen LogP contribution in [0.3, 0.4) is 0 Å². The van der Waals surface area contributed by atoms with E-state index in [2.05, 4.69) is 20.9 Å². The number of carboxylic acids is 1. The average Bonchev–Trinajstić information content (AvgIpc) is 2.41. The zero-order valence-electron chi connectivity index (χ0n) is 7.84. The standard InChI is InChI=1S/C10H8BrNO3/c1-4-9(10(14)15)5-2-6(11)8(13)3-7(5)12-4/h2-3,12-13H,1H3,(H,14,15). The van der Waals surface area contributed by atoms with Gasteiger partial charge in [0, 0.05) is 17.1 Å². The monoisotopic (exact) mass is 269 g/mol. The van der Waals surface area contributed by atoms with Crippen molar-refractivity contribution in [1.82, 2.24) is 4.98 Å². The minimum atomic E-state index is -0.976. The second-order valence-electron chi connectivity index (χ2n) is 3.28. The van der Waals surface area contributed by atoms with Crippen LogP contribution in [0.1, 0.15) is 16.1 Å². The fourth-order valence-electron chi connectivity index (χ4n) is 1.61. The number of nitrogens with one attached hydrogen (secondary N) is 1. The van der Waals surface area contributed by atoms with Gasteiger partial charge in [-0.25, -0.2) is 4.79 Å². The quantitative estimate of drug-likeness (QED) is 0.745. The molecule has 0 spiro atoms. The molecular weight excluding hydrogens is 262 g/mol. The molecule has 1 heterocycles. The second kappa shape index (κ2) is 3.27. The number of fused-ring (bicyclic) bond motifs is 1. The Balaban J connectivity index is 2.87. The van der Waals surface area contributed by atoms with Gasteiger partial charge in [-0.2, -0.15) is 0 Å². The van der Waals surface area contributed by atoms with Crippen LogP contribution in [0, 0.1) is 6.92 Å². The van der Waals surface area contributed by atoms with Crippen molar-refractivity contribution in [3.63, 3.8) is 0 Å². The lowest BCUT2D eigenvalue weighted by Crippen LogP contribution is -1.96. The van der Waals surface area contributed by atoms with Gasteiger partial charge in [0.1, 0.15) is 5.75 Å². The molecule has 0 radical (unpaired) electrons. The summed E-state index contributed by atoms with van der Waals surface area (Å²) in [4.78, 5) is 13.9. The number of aromatic amines is 1. The number of phenols is 1. The lowest BCUT2D eigenvalue weighted by molar-refractivity contribution is 0.0698. The van der Waals surface area contributed by atoms with Gasteiger partial charge in [0.25, 0.3) is 0 Å². The van der Waals surface area contributed by atoms with E-state index in [0.29, 0.717) is 21.1 Å². The third kappa shape index (κ3) is 1.48. The van der Waals surface area contributed by atoms with Gasteiger partial charge in [0.15, 0.2) is 0 Å². The van der Waals surface area contributed by atoms with Gasteiger partial charge >= 0.3 is 5.97 Å². The molecule has 4 nitrogen and oxygen atoms in total. The number of rotatable bonds is 1. The summed E-state index contributed by atoms with van der Waals surface area (Å²) in [5, 5.41) is 19.0. The molecule has 0 atom stereocenters. The number of carbonyl (C=O) groups is 1. The maximum absolute atomic E-state index is 11.0. The first kappa shape index (κ1) is 10.0. The maximum atomic E-state index is 11.0. The summed E-state index contributed by atoms with van der Waals surface area (Å²) in [6.07, 6.45) is 0. The molecule has 0 unspecified atom stereocenters. The number of aryl methyl sites for hydroxylation is 1. The van der Waals surface area contributed by atoms with E-state index in [-0.39, 0.29) is 11.3 Å². The van der Waals surface area contributed by atoms with Crippen LogP contribution >= 0.6 is 15.9 Å². The maximum Gasteiger partial charge on any atom is 0.338 e. The summed E-state index contributed by atoms with van der Waals surface area (Å²) in [5.74, 6) is -0.892. The summed E-state index contributed by atoms with van der Waals surface area (Å²) in [5.41, 5.74) is 1.44. The van der Waals surface area contributed by atoms with E-state index < -0.39 is 5.97 Å². The average molecular weight is 270 g/mol. The molecule has 2 rings (SSSR count). The molecule has 2 aromatic rings. The Morgan fingerprint density at radius 3 is 2.73 bits per heavy atom. The topological polar surface area (TPSA) is 73.3 Å². The SMILES string of the molecule is Cc1[nH]c2cc(O)c(Br)cc2c1C(=O)O. The fourth-order valence-corrected chi connectivity index (χ4v) is 1.96. The number of hydrogen-bond donors (Lipinski definition) is 3. The Hall–Kier alpha value is -1.49. The Morgan fingerprint density at radius 1 is 1.47 bits per heavy atom. The molecule has 78 valence electrons. The molecule has 0 saturated carbocycles. The van der Waals surface area contributed by atoms with E-state index in [1.807, 2.05) is 0 Å². The Labute approximate surface area is 93.7 Å². The fraction of sp³-hybridized carbons (Fsp3) is 0.100. The number of hydrogen-bond acceptors (Lipinski definition) is 2. The van der Waals surface area contributed by atoms with Crippen LogP contribution in [-0.2, 0) is 0 Å². The Bertz CT molecular complexity index is 559. The van der Waals surface area contributed by atoms with Crippen LogP contribution in [0.15, 0.2) is 16.6 Å². The van der Waals surface area contributed by atoms with Crippen molar-refractivity contribution in [3.8, 4) is 5.75 Å². The molecule has 15 heavy (non-hydrogen) atoms. The van der Waals surface area contributed by atoms with Crippen molar-refractivity contribution in [2.24, 2.45) is 0 Å². The van der Waals surface area contributed by atoms with Crippen LogP contribution in [0.5, 0.6) is 5.75 Å². The first-order valence-electron chi connectivity index (χ1n) is 4.25. The highest BCUT2D eigenvalue weighted by Crippen LogP contribution is 2.32. The summed E-state index contributed by atoms with van der Waals surface area (Å²) in [6.45, 7) is 1.69. The zero-order chi connectivity index (χ0) is 11.2. The van der Waals surface area contributed by atoms with Crippen molar-refractivity contribution in [2.45, 2.75) is 6.92 Å². The van der Waals surface area contributed by atoms with Crippen molar-refractivity contribution >= 4 is 32.8 Å². The van der Waals surface area contributed by atoms with Gasteiger partial charge < -0.3 is 15.2 Å². The van der Waals surface area contributed by atoms with E-state index in [9.17, 15) is 9.90 Å². The van der Waals surface area contributed by atoms with Gasteiger partial charge in [0.05, 0.1) is 15.6 Å². The van der Waals surface area contributed by atoms with E-state index in [0.717, 1.165) is 0 Å². The summed E-state index contributed by atoms with van der Waals surface area (Å²) >= 11 is 3.15. The smallest absolute Gasteiger partial charge is 0.338 e. The number of aromatic carboxylic acids is 1. The molecule has 0 fully saturated rings.